The first-order chi connectivity index (χ1) is 18.9. The van der Waals surface area contributed by atoms with Crippen LogP contribution in [0.1, 0.15) is 21.9 Å². The Hall–Kier alpha value is -4.11. The largest absolute Gasteiger partial charge is 0.484 e. The van der Waals surface area contributed by atoms with Gasteiger partial charge in [-0.3, -0.25) is 28.9 Å². The Balaban J connectivity index is 1.32. The molecule has 2 aliphatic heterocycles. The second-order valence-electron chi connectivity index (χ2n) is 8.89. The van der Waals surface area contributed by atoms with E-state index in [1.54, 1.807) is 12.1 Å². The Morgan fingerprint density at radius 3 is 2.48 bits per heavy atom. The van der Waals surface area contributed by atoms with Crippen molar-refractivity contribution in [3.63, 3.8) is 0 Å². The minimum absolute atomic E-state index is 0.0440. The molecule has 3 amide bonds. The lowest BCUT2D eigenvalue weighted by Crippen LogP contribution is -2.36. The number of ether oxygens (including phenoxy) is 1. The van der Waals surface area contributed by atoms with E-state index in [-0.39, 0.29) is 16.3 Å². The van der Waals surface area contributed by atoms with Crippen molar-refractivity contribution >= 4 is 52.5 Å². The highest BCUT2D eigenvalue weighted by atomic mass is 32.2. The number of imide groups is 1. The minimum Gasteiger partial charge on any atom is -0.484 e. The van der Waals surface area contributed by atoms with Crippen LogP contribution in [0.25, 0.3) is 0 Å². The fraction of sp³-hybridized carbons (Fsp3) is 0.240. The van der Waals surface area contributed by atoms with Crippen LogP contribution in [0.2, 0.25) is 0 Å². The first kappa shape index (κ1) is 27.5. The molecule has 5 rings (SSSR count). The predicted molar refractivity (Wildman–Crippen MR) is 136 cm³/mol. The number of aromatic nitrogens is 1. The highest BCUT2D eigenvalue weighted by Gasteiger charge is 2.56. The number of H-pyrrole nitrogens is 1. The average Bonchev–Trinajstić information content (AvgIpc) is 3.38. The van der Waals surface area contributed by atoms with Gasteiger partial charge in [0, 0.05) is 16.5 Å². The lowest BCUT2D eigenvalue weighted by molar-refractivity contribution is -0.149. The van der Waals surface area contributed by atoms with Gasteiger partial charge in [0.15, 0.2) is 6.61 Å². The molecule has 1 saturated heterocycles. The van der Waals surface area contributed by atoms with Gasteiger partial charge >= 0.3 is 17.0 Å². The Morgan fingerprint density at radius 1 is 1.07 bits per heavy atom. The van der Waals surface area contributed by atoms with Crippen LogP contribution >= 0.6 is 23.1 Å². The topological polar surface area (TPSA) is 146 Å². The Labute approximate surface area is 231 Å². The third-order valence-corrected chi connectivity index (χ3v) is 8.69. The van der Waals surface area contributed by atoms with Crippen molar-refractivity contribution in [3.05, 3.63) is 74.2 Å². The summed E-state index contributed by atoms with van der Waals surface area (Å²) >= 11 is 1.92. The van der Waals surface area contributed by atoms with E-state index in [9.17, 15) is 37.1 Å². The van der Waals surface area contributed by atoms with Gasteiger partial charge < -0.3 is 20.1 Å². The molecule has 1 aromatic heterocycles. The number of amides is 3. The predicted octanol–water partition coefficient (Wildman–Crippen LogP) is 3.15. The van der Waals surface area contributed by atoms with Crippen molar-refractivity contribution in [3.8, 4) is 5.75 Å². The zero-order valence-electron chi connectivity index (χ0n) is 20.1. The van der Waals surface area contributed by atoms with Gasteiger partial charge in [-0.2, -0.15) is 13.2 Å². The number of nitrogens with zero attached hydrogens (tertiary/aromatic N) is 1. The molecule has 2 unspecified atom stereocenters. The van der Waals surface area contributed by atoms with Crippen LogP contribution in [0.5, 0.6) is 5.75 Å². The van der Waals surface area contributed by atoms with E-state index in [2.05, 4.69) is 10.3 Å². The second kappa shape index (κ2) is 10.5. The van der Waals surface area contributed by atoms with Crippen LogP contribution in [-0.4, -0.2) is 57.1 Å². The summed E-state index contributed by atoms with van der Waals surface area (Å²) in [5.41, 5.74) is -0.391. The number of carbonyl (C=O) groups is 4. The molecule has 2 aliphatic rings. The van der Waals surface area contributed by atoms with Crippen LogP contribution in [0, 0.1) is 5.92 Å². The highest BCUT2D eigenvalue weighted by molar-refractivity contribution is 8.00. The van der Waals surface area contributed by atoms with Crippen LogP contribution in [0.15, 0.2) is 58.4 Å². The van der Waals surface area contributed by atoms with Crippen molar-refractivity contribution in [1.29, 1.82) is 0 Å². The lowest BCUT2D eigenvalue weighted by Gasteiger charge is -2.29. The summed E-state index contributed by atoms with van der Waals surface area (Å²) in [7, 11) is 0. The quantitative estimate of drug-likeness (QED) is 0.354. The molecule has 0 saturated carbocycles. The number of hydrogen-bond donors (Lipinski definition) is 3. The van der Waals surface area contributed by atoms with Crippen molar-refractivity contribution in [2.24, 2.45) is 5.92 Å². The van der Waals surface area contributed by atoms with Crippen LogP contribution in [0.4, 0.5) is 18.9 Å². The number of aliphatic carboxylic acids is 1. The number of anilines is 1. The van der Waals surface area contributed by atoms with Gasteiger partial charge in [0.05, 0.1) is 16.5 Å². The van der Waals surface area contributed by atoms with Crippen molar-refractivity contribution < 1.29 is 42.2 Å². The summed E-state index contributed by atoms with van der Waals surface area (Å²) in [5, 5.41) is 11.0. The van der Waals surface area contributed by atoms with Gasteiger partial charge in [-0.15, -0.1) is 0 Å². The number of nitrogens with one attached hydrogen (secondary N) is 2. The van der Waals surface area contributed by atoms with Gasteiger partial charge in [0.1, 0.15) is 17.5 Å². The van der Waals surface area contributed by atoms with E-state index >= 15 is 0 Å². The summed E-state index contributed by atoms with van der Waals surface area (Å²) in [6.45, 7) is -1.27. The fourth-order valence-corrected chi connectivity index (χ4v) is 7.15. The number of thioether (sulfide) groups is 1. The highest BCUT2D eigenvalue weighted by Crippen LogP contribution is 2.52. The van der Waals surface area contributed by atoms with Gasteiger partial charge in [-0.1, -0.05) is 41.3 Å². The van der Waals surface area contributed by atoms with Gasteiger partial charge in [-0.25, -0.2) is 0 Å². The summed E-state index contributed by atoms with van der Waals surface area (Å²) < 4.78 is 44.1. The number of aromatic amines is 1. The number of hydrogen-bond acceptors (Lipinski definition) is 8. The molecule has 10 nitrogen and oxygen atoms in total. The molecule has 0 radical (unpaired) electrons. The molecule has 3 N–H and O–H groups in total. The van der Waals surface area contributed by atoms with Crippen molar-refractivity contribution in [1.82, 2.24) is 9.88 Å². The molecule has 3 aromatic rings. The number of alkyl halides is 3. The van der Waals surface area contributed by atoms with Crippen LogP contribution in [-0.2, 0) is 25.4 Å². The minimum atomic E-state index is -4.56. The smallest absolute Gasteiger partial charge is 0.416 e. The number of carboxylic acid groups (broad SMARTS) is 1. The molecule has 40 heavy (non-hydrogen) atoms. The zero-order valence-corrected chi connectivity index (χ0v) is 21.7. The average molecular weight is 594 g/mol. The number of benzene rings is 2. The summed E-state index contributed by atoms with van der Waals surface area (Å²) in [6.07, 6.45) is -4.56. The third-order valence-electron chi connectivity index (χ3n) is 6.29. The molecular formula is C25H18F3N3O7S2. The molecule has 0 spiro atoms. The van der Waals surface area contributed by atoms with E-state index in [4.69, 9.17) is 9.84 Å². The SMILES string of the molecule is O=C(O)CN1C(=O)C2Sc3[nH]c(=O)sc3[C@@H](c3ccc(OCC(=O)Nc4cccc(C(F)(F)F)c4)cc3)C2C1=O. The Kier molecular flexibility index (Phi) is 7.18. The molecular weight excluding hydrogens is 575 g/mol. The van der Waals surface area contributed by atoms with Crippen LogP contribution in [0.3, 0.4) is 0 Å². The number of carboxylic acids is 1. The molecule has 15 heteroatoms. The van der Waals surface area contributed by atoms with Gasteiger partial charge in [0.2, 0.25) is 11.8 Å². The van der Waals surface area contributed by atoms with E-state index in [0.717, 1.165) is 35.2 Å². The number of halogens is 3. The zero-order chi connectivity index (χ0) is 28.8. The van der Waals surface area contributed by atoms with E-state index in [1.807, 2.05) is 0 Å². The first-order valence-corrected chi connectivity index (χ1v) is 13.3. The molecule has 3 heterocycles. The summed E-state index contributed by atoms with van der Waals surface area (Å²) in [4.78, 5) is 65.2. The lowest BCUT2D eigenvalue weighted by atomic mass is 9.83. The van der Waals surface area contributed by atoms with E-state index in [0.29, 0.717) is 20.4 Å². The van der Waals surface area contributed by atoms with Crippen LogP contribution < -0.4 is 14.9 Å². The maximum atomic E-state index is 13.2. The Bertz CT molecular complexity index is 1570. The van der Waals surface area contributed by atoms with Gasteiger partial charge in [0.25, 0.3) is 5.91 Å². The monoisotopic (exact) mass is 593 g/mol. The van der Waals surface area contributed by atoms with E-state index in [1.165, 1.54) is 24.3 Å². The summed E-state index contributed by atoms with van der Waals surface area (Å²) in [6, 6.07) is 10.4. The fourth-order valence-electron chi connectivity index (χ4n) is 4.62. The van der Waals surface area contributed by atoms with Gasteiger partial charge in [-0.05, 0) is 35.9 Å². The summed E-state index contributed by atoms with van der Waals surface area (Å²) in [5.74, 6) is -4.70. The maximum absolute atomic E-state index is 13.2. The molecule has 1 fully saturated rings. The third kappa shape index (κ3) is 5.34. The molecule has 2 aromatic carbocycles. The van der Waals surface area contributed by atoms with Crippen molar-refractivity contribution in [2.45, 2.75) is 22.4 Å². The first-order valence-electron chi connectivity index (χ1n) is 11.6. The second-order valence-corrected chi connectivity index (χ2v) is 11.1. The molecule has 208 valence electrons. The normalized spacial score (nSPS) is 20.2. The molecule has 3 atom stereocenters. The molecule has 0 bridgehead atoms. The van der Waals surface area contributed by atoms with E-state index < -0.39 is 65.7 Å². The molecule has 0 aliphatic carbocycles. The number of thiazole rings is 1. The number of rotatable bonds is 7. The maximum Gasteiger partial charge on any atom is 0.416 e. The number of fused-ring (bicyclic) bond motifs is 2. The number of carbonyl (C=O) groups excluding carboxylic acids is 3. The Morgan fingerprint density at radius 2 is 1.80 bits per heavy atom. The standard InChI is InChI=1S/C25H18F3N3O7S2/c26-25(27,28)12-2-1-3-13(8-12)29-15(32)10-38-14-6-4-11(5-7-14)17-18-20(39-21-19(17)40-24(37)30-21)23(36)31(22(18)35)9-16(33)34/h1-8,17-18,20H,9-10H2,(H,29,32)(H,30,37)(H,33,34)/t17-,18?,20?/m0/s1. The number of likely N-dealkylation sites (tertiary alicyclic amines) is 1. The van der Waals surface area contributed by atoms with Crippen molar-refractivity contribution in [2.75, 3.05) is 18.5 Å².